The maximum Gasteiger partial charge on any atom is 0.253 e. The molecule has 0 unspecified atom stereocenters. The highest BCUT2D eigenvalue weighted by Gasteiger charge is 2.27. The highest BCUT2D eigenvalue weighted by atomic mass is 19.1. The summed E-state index contributed by atoms with van der Waals surface area (Å²) >= 11 is 0. The standard InChI is InChI=1S/C14H19FN2O/c1-14(2)9-16-7-8-17(10-14)13(18)11-3-5-12(15)6-4-11/h3-6,16H,7-10H2,1-2H3. The van der Waals surface area contributed by atoms with Gasteiger partial charge in [-0.2, -0.15) is 0 Å². The van der Waals surface area contributed by atoms with Crippen LogP contribution in [0.3, 0.4) is 0 Å². The summed E-state index contributed by atoms with van der Waals surface area (Å²) in [5.74, 6) is -0.337. The Balaban J connectivity index is 2.14. The highest BCUT2D eigenvalue weighted by Crippen LogP contribution is 2.19. The van der Waals surface area contributed by atoms with Gasteiger partial charge in [0.15, 0.2) is 0 Å². The lowest BCUT2D eigenvalue weighted by molar-refractivity contribution is 0.0716. The lowest BCUT2D eigenvalue weighted by atomic mass is 9.93. The predicted molar refractivity (Wildman–Crippen MR) is 69.0 cm³/mol. The zero-order valence-electron chi connectivity index (χ0n) is 10.9. The van der Waals surface area contributed by atoms with Crippen molar-refractivity contribution in [2.24, 2.45) is 5.41 Å². The number of amides is 1. The minimum atomic E-state index is -0.315. The first-order valence-corrected chi connectivity index (χ1v) is 6.23. The first kappa shape index (κ1) is 13.0. The Bertz CT molecular complexity index is 428. The van der Waals surface area contributed by atoms with Crippen molar-refractivity contribution < 1.29 is 9.18 Å². The number of nitrogens with zero attached hydrogens (tertiary/aromatic N) is 1. The van der Waals surface area contributed by atoms with Crippen LogP contribution in [0.15, 0.2) is 24.3 Å². The molecule has 0 bridgehead atoms. The third-order valence-corrected chi connectivity index (χ3v) is 3.16. The van der Waals surface area contributed by atoms with Gasteiger partial charge in [-0.15, -0.1) is 0 Å². The van der Waals surface area contributed by atoms with Crippen LogP contribution in [0, 0.1) is 11.2 Å². The Labute approximate surface area is 107 Å². The molecule has 1 aromatic rings. The summed E-state index contributed by atoms with van der Waals surface area (Å²) in [4.78, 5) is 14.2. The molecular weight excluding hydrogens is 231 g/mol. The third kappa shape index (κ3) is 3.07. The van der Waals surface area contributed by atoms with Crippen LogP contribution in [0.5, 0.6) is 0 Å². The summed E-state index contributed by atoms with van der Waals surface area (Å²) in [5, 5.41) is 3.33. The van der Waals surface area contributed by atoms with Gasteiger partial charge in [-0.3, -0.25) is 4.79 Å². The highest BCUT2D eigenvalue weighted by molar-refractivity contribution is 5.94. The number of hydrogen-bond acceptors (Lipinski definition) is 2. The average Bonchev–Trinajstić information content (AvgIpc) is 2.50. The van der Waals surface area contributed by atoms with Crippen LogP contribution in [0.1, 0.15) is 24.2 Å². The van der Waals surface area contributed by atoms with E-state index in [0.717, 1.165) is 19.6 Å². The maximum absolute atomic E-state index is 12.8. The number of halogens is 1. The van der Waals surface area contributed by atoms with E-state index in [9.17, 15) is 9.18 Å². The molecule has 3 nitrogen and oxygen atoms in total. The molecule has 1 N–H and O–H groups in total. The third-order valence-electron chi connectivity index (χ3n) is 3.16. The Morgan fingerprint density at radius 2 is 2.00 bits per heavy atom. The number of hydrogen-bond donors (Lipinski definition) is 1. The van der Waals surface area contributed by atoms with E-state index in [1.807, 2.05) is 4.90 Å². The monoisotopic (exact) mass is 250 g/mol. The summed E-state index contributed by atoms with van der Waals surface area (Å²) in [6, 6.07) is 5.74. The molecule has 1 aromatic carbocycles. The molecule has 0 aliphatic carbocycles. The van der Waals surface area contributed by atoms with E-state index in [0.29, 0.717) is 12.1 Å². The molecule has 0 radical (unpaired) electrons. The van der Waals surface area contributed by atoms with Crippen LogP contribution in [-0.2, 0) is 0 Å². The first-order chi connectivity index (χ1) is 8.48. The van der Waals surface area contributed by atoms with Crippen LogP contribution in [-0.4, -0.2) is 37.0 Å². The van der Waals surface area contributed by atoms with Gasteiger partial charge in [0, 0.05) is 31.7 Å². The van der Waals surface area contributed by atoms with Crippen molar-refractivity contribution in [1.29, 1.82) is 0 Å². The molecule has 1 fully saturated rings. The molecule has 0 spiro atoms. The van der Waals surface area contributed by atoms with Gasteiger partial charge >= 0.3 is 0 Å². The largest absolute Gasteiger partial charge is 0.337 e. The van der Waals surface area contributed by atoms with Gasteiger partial charge < -0.3 is 10.2 Å². The second kappa shape index (κ2) is 5.06. The van der Waals surface area contributed by atoms with E-state index < -0.39 is 0 Å². The SMILES string of the molecule is CC1(C)CNCCN(C(=O)c2ccc(F)cc2)C1. The van der Waals surface area contributed by atoms with Crippen LogP contribution >= 0.6 is 0 Å². The van der Waals surface area contributed by atoms with Gasteiger partial charge in [0.2, 0.25) is 0 Å². The van der Waals surface area contributed by atoms with Crippen molar-refractivity contribution >= 4 is 5.91 Å². The van der Waals surface area contributed by atoms with Gasteiger partial charge in [0.25, 0.3) is 5.91 Å². The number of benzene rings is 1. The van der Waals surface area contributed by atoms with Gasteiger partial charge in [-0.25, -0.2) is 4.39 Å². The van der Waals surface area contributed by atoms with Crippen molar-refractivity contribution in [3.05, 3.63) is 35.6 Å². The normalized spacial score (nSPS) is 19.4. The Kier molecular flexibility index (Phi) is 3.66. The number of carbonyl (C=O) groups is 1. The van der Waals surface area contributed by atoms with E-state index in [-0.39, 0.29) is 17.1 Å². The summed E-state index contributed by atoms with van der Waals surface area (Å²) in [6.45, 7) is 7.39. The molecule has 18 heavy (non-hydrogen) atoms. The molecule has 4 heteroatoms. The molecule has 1 aliphatic rings. The molecule has 1 saturated heterocycles. The maximum atomic E-state index is 12.8. The summed E-state index contributed by atoms with van der Waals surface area (Å²) in [5.41, 5.74) is 0.612. The van der Waals surface area contributed by atoms with Crippen molar-refractivity contribution in [2.75, 3.05) is 26.2 Å². The van der Waals surface area contributed by atoms with Gasteiger partial charge in [-0.1, -0.05) is 13.8 Å². The smallest absolute Gasteiger partial charge is 0.253 e. The Morgan fingerprint density at radius 1 is 1.33 bits per heavy atom. The summed E-state index contributed by atoms with van der Waals surface area (Å²) in [7, 11) is 0. The zero-order chi connectivity index (χ0) is 13.2. The average molecular weight is 250 g/mol. The van der Waals surface area contributed by atoms with Gasteiger partial charge in [0.1, 0.15) is 5.82 Å². The van der Waals surface area contributed by atoms with Crippen LogP contribution in [0.25, 0.3) is 0 Å². The minimum absolute atomic E-state index is 0.0215. The van der Waals surface area contributed by atoms with Gasteiger partial charge in [-0.05, 0) is 29.7 Å². The van der Waals surface area contributed by atoms with E-state index in [1.54, 1.807) is 12.1 Å². The summed E-state index contributed by atoms with van der Waals surface area (Å²) < 4.78 is 12.8. The van der Waals surface area contributed by atoms with Crippen molar-refractivity contribution in [3.8, 4) is 0 Å². The van der Waals surface area contributed by atoms with Crippen molar-refractivity contribution in [1.82, 2.24) is 10.2 Å². The fraction of sp³-hybridized carbons (Fsp3) is 0.500. The predicted octanol–water partition coefficient (Wildman–Crippen LogP) is 1.90. The Hall–Kier alpha value is -1.42. The van der Waals surface area contributed by atoms with Crippen molar-refractivity contribution in [2.45, 2.75) is 13.8 Å². The summed E-state index contributed by atoms with van der Waals surface area (Å²) in [6.07, 6.45) is 0. The van der Waals surface area contributed by atoms with Gasteiger partial charge in [0.05, 0.1) is 0 Å². The second-order valence-corrected chi connectivity index (χ2v) is 5.57. The minimum Gasteiger partial charge on any atom is -0.337 e. The van der Waals surface area contributed by atoms with Crippen LogP contribution in [0.4, 0.5) is 4.39 Å². The topological polar surface area (TPSA) is 32.3 Å². The molecule has 0 atom stereocenters. The molecule has 1 aliphatic heterocycles. The molecule has 2 rings (SSSR count). The number of rotatable bonds is 1. The van der Waals surface area contributed by atoms with E-state index in [1.165, 1.54) is 12.1 Å². The van der Waals surface area contributed by atoms with E-state index in [4.69, 9.17) is 0 Å². The molecule has 1 heterocycles. The molecule has 0 saturated carbocycles. The molecule has 0 aromatic heterocycles. The molecular formula is C14H19FN2O. The van der Waals surface area contributed by atoms with E-state index >= 15 is 0 Å². The molecule has 98 valence electrons. The second-order valence-electron chi connectivity index (χ2n) is 5.57. The molecule has 1 amide bonds. The lowest BCUT2D eigenvalue weighted by Gasteiger charge is -2.29. The fourth-order valence-electron chi connectivity index (χ4n) is 2.24. The fourth-order valence-corrected chi connectivity index (χ4v) is 2.24. The van der Waals surface area contributed by atoms with Crippen LogP contribution < -0.4 is 5.32 Å². The Morgan fingerprint density at radius 3 is 2.67 bits per heavy atom. The zero-order valence-corrected chi connectivity index (χ0v) is 10.9. The van der Waals surface area contributed by atoms with E-state index in [2.05, 4.69) is 19.2 Å². The number of nitrogens with one attached hydrogen (secondary N) is 1. The lowest BCUT2D eigenvalue weighted by Crippen LogP contribution is -2.39. The van der Waals surface area contributed by atoms with Crippen molar-refractivity contribution in [3.63, 3.8) is 0 Å². The first-order valence-electron chi connectivity index (χ1n) is 6.23. The number of carbonyl (C=O) groups excluding carboxylic acids is 1. The quantitative estimate of drug-likeness (QED) is 0.825. The van der Waals surface area contributed by atoms with Crippen LogP contribution in [0.2, 0.25) is 0 Å².